The largest absolute Gasteiger partial charge is 0.451 e. The van der Waals surface area contributed by atoms with E-state index in [1.165, 1.54) is 29.6 Å². The van der Waals surface area contributed by atoms with E-state index in [-0.39, 0.29) is 29.4 Å². The number of ether oxygens (including phenoxy) is 2. The van der Waals surface area contributed by atoms with Crippen LogP contribution in [0.5, 0.6) is 5.75 Å². The molecule has 0 spiro atoms. The van der Waals surface area contributed by atoms with E-state index >= 15 is 0 Å². The molecular formula is C25H21FN4O4. The maximum atomic E-state index is 14.8. The van der Waals surface area contributed by atoms with Crippen molar-refractivity contribution in [2.24, 2.45) is 5.10 Å². The Labute approximate surface area is 195 Å². The summed E-state index contributed by atoms with van der Waals surface area (Å²) >= 11 is 0. The number of allylic oxidation sites excluding steroid dienone is 3. The van der Waals surface area contributed by atoms with E-state index in [4.69, 9.17) is 9.47 Å². The number of anilines is 1. The van der Waals surface area contributed by atoms with Gasteiger partial charge < -0.3 is 9.47 Å². The molecule has 0 unspecified atom stereocenters. The number of carbonyl (C=O) groups excluding carboxylic acids is 2. The first-order chi connectivity index (χ1) is 16.4. The maximum absolute atomic E-state index is 14.8. The lowest BCUT2D eigenvalue weighted by Crippen LogP contribution is -2.21. The highest BCUT2D eigenvalue weighted by molar-refractivity contribution is 5.87. The van der Waals surface area contributed by atoms with Crippen LogP contribution in [0.25, 0.3) is 0 Å². The van der Waals surface area contributed by atoms with Crippen molar-refractivity contribution in [3.8, 4) is 11.8 Å². The Morgan fingerprint density at radius 3 is 2.68 bits per heavy atom. The number of benzene rings is 2. The molecule has 0 aromatic heterocycles. The van der Waals surface area contributed by atoms with Crippen LogP contribution in [0, 0.1) is 17.1 Å². The Balaban J connectivity index is 1.74. The highest BCUT2D eigenvalue weighted by atomic mass is 19.1. The molecule has 1 aliphatic rings. The average molecular weight is 460 g/mol. The molecule has 2 aromatic carbocycles. The molecular weight excluding hydrogens is 439 g/mol. The molecule has 0 fully saturated rings. The Morgan fingerprint density at radius 2 is 2.03 bits per heavy atom. The second kappa shape index (κ2) is 11.2. The molecule has 9 heteroatoms. The maximum Gasteiger partial charge on any atom is 0.411 e. The lowest BCUT2D eigenvalue weighted by atomic mass is 10.1. The molecule has 0 saturated carbocycles. The van der Waals surface area contributed by atoms with Crippen LogP contribution >= 0.6 is 0 Å². The van der Waals surface area contributed by atoms with E-state index in [1.807, 2.05) is 36.4 Å². The zero-order valence-electron chi connectivity index (χ0n) is 18.5. The van der Waals surface area contributed by atoms with Gasteiger partial charge in [0.2, 0.25) is 0 Å². The van der Waals surface area contributed by atoms with E-state index in [9.17, 15) is 19.2 Å². The third-order valence-electron chi connectivity index (χ3n) is 4.54. The van der Waals surface area contributed by atoms with E-state index in [1.54, 1.807) is 19.9 Å². The molecule has 8 nitrogen and oxygen atoms in total. The first kappa shape index (κ1) is 23.9. The Hall–Kier alpha value is -4.71. The first-order valence-corrected chi connectivity index (χ1v) is 10.2. The highest BCUT2D eigenvalue weighted by Crippen LogP contribution is 2.30. The van der Waals surface area contributed by atoms with Crippen LogP contribution in [0.2, 0.25) is 0 Å². The molecule has 0 bridgehead atoms. The highest BCUT2D eigenvalue weighted by Gasteiger charge is 2.23. The van der Waals surface area contributed by atoms with Crippen molar-refractivity contribution in [2.45, 2.75) is 20.5 Å². The van der Waals surface area contributed by atoms with E-state index in [0.29, 0.717) is 17.6 Å². The monoisotopic (exact) mass is 460 g/mol. The first-order valence-electron chi connectivity index (χ1n) is 10.2. The Kier molecular flexibility index (Phi) is 7.92. The van der Waals surface area contributed by atoms with Crippen molar-refractivity contribution in [2.75, 3.05) is 5.32 Å². The van der Waals surface area contributed by atoms with Gasteiger partial charge in [0.25, 0.3) is 0 Å². The number of carbonyl (C=O) groups is 2. The number of hydrogen-bond donors (Lipinski definition) is 1. The number of nitrogens with zero attached hydrogens (tertiary/aromatic N) is 3. The van der Waals surface area contributed by atoms with Crippen molar-refractivity contribution in [1.29, 1.82) is 5.26 Å². The number of nitriles is 1. The normalized spacial score (nSPS) is 14.6. The fraction of sp³-hybridized carbons (Fsp3) is 0.120. The average Bonchev–Trinajstić information content (AvgIpc) is 2.85. The van der Waals surface area contributed by atoms with Gasteiger partial charge in [-0.3, -0.25) is 10.1 Å². The van der Waals surface area contributed by atoms with Gasteiger partial charge in [-0.25, -0.2) is 14.2 Å². The van der Waals surface area contributed by atoms with Crippen molar-refractivity contribution >= 4 is 24.3 Å². The second-order valence-electron chi connectivity index (χ2n) is 7.04. The van der Waals surface area contributed by atoms with Gasteiger partial charge in [-0.15, -0.1) is 0 Å². The van der Waals surface area contributed by atoms with Crippen LogP contribution in [0.15, 0.2) is 88.5 Å². The minimum absolute atomic E-state index is 0.0665. The molecule has 172 valence electrons. The quantitative estimate of drug-likeness (QED) is 0.459. The van der Waals surface area contributed by atoms with Crippen LogP contribution in [0.3, 0.4) is 0 Å². The minimum Gasteiger partial charge on any atom is -0.451 e. The zero-order valence-corrected chi connectivity index (χ0v) is 18.5. The lowest BCUT2D eigenvalue weighted by molar-refractivity contribution is -0.104. The van der Waals surface area contributed by atoms with Crippen molar-refractivity contribution in [3.63, 3.8) is 0 Å². The van der Waals surface area contributed by atoms with Crippen LogP contribution in [0.4, 0.5) is 14.9 Å². The predicted molar refractivity (Wildman–Crippen MR) is 124 cm³/mol. The second-order valence-corrected chi connectivity index (χ2v) is 7.04. The fourth-order valence-electron chi connectivity index (χ4n) is 2.91. The summed E-state index contributed by atoms with van der Waals surface area (Å²) in [6.45, 7) is 3.36. The van der Waals surface area contributed by atoms with Crippen molar-refractivity contribution in [1.82, 2.24) is 5.01 Å². The summed E-state index contributed by atoms with van der Waals surface area (Å²) in [6.07, 6.45) is 4.25. The molecule has 1 heterocycles. The molecule has 0 aliphatic carbocycles. The lowest BCUT2D eigenvalue weighted by Gasteiger charge is -2.25. The molecule has 0 radical (unpaired) electrons. The van der Waals surface area contributed by atoms with Gasteiger partial charge in [-0.1, -0.05) is 36.4 Å². The summed E-state index contributed by atoms with van der Waals surface area (Å²) < 4.78 is 25.6. The Bertz CT molecular complexity index is 1240. The van der Waals surface area contributed by atoms with Gasteiger partial charge in [0.05, 0.1) is 6.21 Å². The Morgan fingerprint density at radius 1 is 1.26 bits per heavy atom. The summed E-state index contributed by atoms with van der Waals surface area (Å²) in [7, 11) is 0. The van der Waals surface area contributed by atoms with Gasteiger partial charge >= 0.3 is 6.09 Å². The van der Waals surface area contributed by atoms with Crippen LogP contribution in [-0.4, -0.2) is 23.6 Å². The van der Waals surface area contributed by atoms with Crippen LogP contribution in [-0.2, 0) is 16.1 Å². The minimum atomic E-state index is -0.769. The molecule has 0 atom stereocenters. The van der Waals surface area contributed by atoms with Gasteiger partial charge in [0.1, 0.15) is 30.2 Å². The van der Waals surface area contributed by atoms with Crippen molar-refractivity contribution in [3.05, 3.63) is 94.8 Å². The van der Waals surface area contributed by atoms with Crippen LogP contribution < -0.4 is 10.1 Å². The van der Waals surface area contributed by atoms with Crippen molar-refractivity contribution < 1.29 is 23.5 Å². The smallest absolute Gasteiger partial charge is 0.411 e. The molecule has 1 aliphatic heterocycles. The molecule has 2 aromatic rings. The summed E-state index contributed by atoms with van der Waals surface area (Å²) in [6, 6.07) is 14.9. The van der Waals surface area contributed by atoms with Gasteiger partial charge in [-0.2, -0.15) is 10.4 Å². The number of aldehydes is 1. The fourth-order valence-corrected chi connectivity index (χ4v) is 2.91. The van der Waals surface area contributed by atoms with Crippen LogP contribution in [0.1, 0.15) is 19.4 Å². The number of amides is 1. The summed E-state index contributed by atoms with van der Waals surface area (Å²) in [4.78, 5) is 23.0. The number of nitrogens with one attached hydrogen (secondary N) is 1. The van der Waals surface area contributed by atoms with E-state index in [2.05, 4.69) is 10.4 Å². The topological polar surface area (TPSA) is 104 Å². The number of rotatable bonds is 7. The summed E-state index contributed by atoms with van der Waals surface area (Å²) in [5, 5.41) is 17.4. The number of hydrogen-bond acceptors (Lipinski definition) is 7. The molecule has 0 saturated heterocycles. The molecule has 3 rings (SSSR count). The summed E-state index contributed by atoms with van der Waals surface area (Å²) in [5.41, 5.74) is 1.80. The molecule has 34 heavy (non-hydrogen) atoms. The van der Waals surface area contributed by atoms with Gasteiger partial charge in [0.15, 0.2) is 17.3 Å². The predicted octanol–water partition coefficient (Wildman–Crippen LogP) is 5.04. The third kappa shape index (κ3) is 5.95. The molecule has 1 N–H and O–H groups in total. The van der Waals surface area contributed by atoms with Gasteiger partial charge in [0, 0.05) is 23.5 Å². The number of hydrazone groups is 1. The van der Waals surface area contributed by atoms with E-state index in [0.717, 1.165) is 11.6 Å². The zero-order chi connectivity index (χ0) is 24.5. The molecule has 1 amide bonds. The summed E-state index contributed by atoms with van der Waals surface area (Å²) in [5.74, 6) is -0.872. The SMILES string of the molecule is C/C=C1\C(Oc2ccc(NC(=O)OCc3ccccc3)cc2F)=C(C#N)C=NN1/C=C(\C)C=O. The standard InChI is InChI=1S/C25H21FN4O4/c1-3-22-24(19(12-27)13-28-30(22)14-17(2)15-31)34-23-10-9-20(11-21(23)26)29-25(32)33-16-18-7-5-4-6-8-18/h3-11,13-15H,16H2,1-2H3,(H,29,32)/b17-14+,22-3+. The van der Waals surface area contributed by atoms with E-state index < -0.39 is 11.9 Å². The van der Waals surface area contributed by atoms with Gasteiger partial charge in [-0.05, 0) is 31.5 Å². The number of halogens is 1. The third-order valence-corrected chi connectivity index (χ3v) is 4.54.